The summed E-state index contributed by atoms with van der Waals surface area (Å²) in [6.07, 6.45) is -1.06. The van der Waals surface area contributed by atoms with Crippen LogP contribution in [0.25, 0.3) is 0 Å². The van der Waals surface area contributed by atoms with Crippen molar-refractivity contribution in [3.05, 3.63) is 57.6 Å². The molecule has 12 heteroatoms. The average molecular weight is 772 g/mol. The van der Waals surface area contributed by atoms with Crippen molar-refractivity contribution in [2.45, 2.75) is 117 Å². The molecule has 0 fully saturated rings. The molecule has 0 saturated heterocycles. The van der Waals surface area contributed by atoms with Crippen molar-refractivity contribution in [2.24, 2.45) is 0 Å². The van der Waals surface area contributed by atoms with E-state index in [1.54, 1.807) is 24.3 Å². The molecule has 2 aromatic carbocycles. The molecule has 0 aliphatic carbocycles. The summed E-state index contributed by atoms with van der Waals surface area (Å²) >= 11 is 0. The summed E-state index contributed by atoms with van der Waals surface area (Å²) < 4.78 is 22.0. The van der Waals surface area contributed by atoms with Gasteiger partial charge < -0.3 is 38.9 Å². The molecule has 0 amide bonds. The molecule has 2 aromatic rings. The molecule has 42 heavy (non-hydrogen) atoms. The fraction of sp³-hybridized carbons (Fsp3) is 0.600. The Morgan fingerprint density at radius 3 is 0.786 bits per heavy atom. The van der Waals surface area contributed by atoms with Crippen molar-refractivity contribution in [3.8, 4) is 11.5 Å². The number of phenols is 2. The molecule has 8 nitrogen and oxygen atoms in total. The van der Waals surface area contributed by atoms with Gasteiger partial charge in [0.15, 0.2) is 0 Å². The van der Waals surface area contributed by atoms with Crippen LogP contribution in [0.5, 0.6) is 11.5 Å². The van der Waals surface area contributed by atoms with E-state index in [4.69, 9.17) is 0 Å². The monoisotopic (exact) mass is 772 g/mol. The molecule has 0 bridgehead atoms. The van der Waals surface area contributed by atoms with Gasteiger partial charge in [-0.2, -0.15) is 0 Å². The normalized spacial score (nSPS) is 13.0. The molecule has 0 aliphatic heterocycles. The molecule has 0 heterocycles. The van der Waals surface area contributed by atoms with Crippen LogP contribution in [-0.2, 0) is 43.1 Å². The van der Waals surface area contributed by atoms with Gasteiger partial charge in [0.2, 0.25) is 0 Å². The van der Waals surface area contributed by atoms with E-state index >= 15 is 0 Å². The van der Waals surface area contributed by atoms with Crippen LogP contribution in [-0.4, -0.2) is 101 Å². The molecule has 0 saturated carbocycles. The van der Waals surface area contributed by atoms with Gasteiger partial charge in [-0.05, 0) is 55.0 Å². The molecule has 228 valence electrons. The third-order valence-corrected chi connectivity index (χ3v) is 7.83. The number of phenolic OH excluding ortho intramolecular Hbond substituents is 2. The Hall–Kier alpha value is 1.30. The van der Waals surface area contributed by atoms with Crippen molar-refractivity contribution < 1.29 is 38.9 Å². The quantitative estimate of drug-likeness (QED) is 0.347. The van der Waals surface area contributed by atoms with Gasteiger partial charge in [0.25, 0.3) is 0 Å². The summed E-state index contributed by atoms with van der Waals surface area (Å²) in [5.41, 5.74) is 2.16. The van der Waals surface area contributed by atoms with Crippen molar-refractivity contribution in [2.75, 3.05) is 0 Å². The molecule has 0 aliphatic rings. The Morgan fingerprint density at radius 1 is 0.500 bits per heavy atom. The van der Waals surface area contributed by atoms with Crippen molar-refractivity contribution in [1.82, 2.24) is 0 Å². The fourth-order valence-corrected chi connectivity index (χ4v) is 5.56. The summed E-state index contributed by atoms with van der Waals surface area (Å²) in [5.74, 6) is 0.362. The SMILES string of the molecule is CC(C)(C)c1cc(CP(=O)([O-])[O-])cc(C(C)(C)C)c1O.CC(C)(C)c1cc(CP(=O)([O-])[O-])cc(C(C)(C)C)c1O.[Sr+2].[Sr+2]. The predicted molar refractivity (Wildman–Crippen MR) is 165 cm³/mol. The van der Waals surface area contributed by atoms with Crippen LogP contribution in [0.1, 0.15) is 116 Å². The van der Waals surface area contributed by atoms with Crippen LogP contribution >= 0.6 is 15.2 Å². The smallest absolute Gasteiger partial charge is 0.810 e. The number of hydrogen-bond acceptors (Lipinski definition) is 8. The summed E-state index contributed by atoms with van der Waals surface area (Å²) in [4.78, 5) is 44.1. The molecular formula is C30H46O8P2Sr2. The molecule has 0 aromatic heterocycles. The number of aromatic hydroxyl groups is 2. The molecule has 0 radical (unpaired) electrons. The number of benzene rings is 2. The van der Waals surface area contributed by atoms with Crippen molar-refractivity contribution in [1.29, 1.82) is 0 Å². The zero-order valence-electron chi connectivity index (χ0n) is 27.4. The maximum atomic E-state index is 11.0. The van der Waals surface area contributed by atoms with Gasteiger partial charge in [-0.15, -0.1) is 0 Å². The van der Waals surface area contributed by atoms with Crippen LogP contribution in [0.15, 0.2) is 24.3 Å². The standard InChI is InChI=1S/2C15H25O4P.2Sr/c2*1-14(2,3)11-7-10(9-20(17,18)19)8-12(13(11)16)15(4,5)6;;/h2*7-8,16H,9H2,1-6H3,(H2,17,18,19);;/q;;2*+2/p-4. The third-order valence-electron chi connectivity index (χ3n) is 6.32. The van der Waals surface area contributed by atoms with Gasteiger partial charge in [-0.25, -0.2) is 0 Å². The molecule has 2 rings (SSSR count). The number of rotatable bonds is 4. The second-order valence-corrected chi connectivity index (χ2v) is 17.7. The molecule has 0 spiro atoms. The van der Waals surface area contributed by atoms with Crippen LogP contribution < -0.4 is 19.6 Å². The predicted octanol–water partition coefficient (Wildman–Crippen LogP) is 4.04. The van der Waals surface area contributed by atoms with Crippen molar-refractivity contribution >= 4 is 106 Å². The summed E-state index contributed by atoms with van der Waals surface area (Å²) in [7, 11) is -9.26. The van der Waals surface area contributed by atoms with Gasteiger partial charge in [-0.3, -0.25) is 0 Å². The fourth-order valence-electron chi connectivity index (χ4n) is 4.31. The summed E-state index contributed by atoms with van der Waals surface area (Å²) in [5, 5.41) is 20.9. The van der Waals surface area contributed by atoms with E-state index < -0.39 is 27.5 Å². The van der Waals surface area contributed by atoms with Gasteiger partial charge in [-0.1, -0.05) is 123 Å². The minimum absolute atomic E-state index is 0. The second kappa shape index (κ2) is 15.9. The maximum absolute atomic E-state index is 11.0. The molecule has 0 atom stereocenters. The molecule has 2 N–H and O–H groups in total. The topological polar surface area (TPSA) is 167 Å². The van der Waals surface area contributed by atoms with Gasteiger partial charge >= 0.3 is 91.0 Å². The van der Waals surface area contributed by atoms with Crippen LogP contribution in [0.3, 0.4) is 0 Å². The Bertz CT molecular complexity index is 1130. The Labute approximate surface area is 327 Å². The van der Waals surface area contributed by atoms with E-state index in [0.717, 1.165) is 0 Å². The van der Waals surface area contributed by atoms with Gasteiger partial charge in [0, 0.05) is 12.3 Å². The van der Waals surface area contributed by atoms with Crippen LogP contribution in [0.2, 0.25) is 0 Å². The zero-order valence-corrected chi connectivity index (χ0v) is 36.1. The molecule has 0 unspecified atom stereocenters. The Balaban J connectivity index is 0. The van der Waals surface area contributed by atoms with Crippen LogP contribution in [0.4, 0.5) is 0 Å². The summed E-state index contributed by atoms with van der Waals surface area (Å²) in [6, 6.07) is 6.47. The minimum Gasteiger partial charge on any atom is -0.810 e. The van der Waals surface area contributed by atoms with Gasteiger partial charge in [0.1, 0.15) is 11.5 Å². The Kier molecular flexibility index (Phi) is 17.2. The zero-order chi connectivity index (χ0) is 31.9. The second-order valence-electron chi connectivity index (χ2n) is 14.6. The van der Waals surface area contributed by atoms with Gasteiger partial charge in [0.05, 0.1) is 0 Å². The number of hydrogen-bond donors (Lipinski definition) is 2. The largest absolute Gasteiger partial charge is 2.00 e. The summed E-state index contributed by atoms with van der Waals surface area (Å²) in [6.45, 7) is 23.2. The van der Waals surface area contributed by atoms with Crippen LogP contribution in [0, 0.1) is 0 Å². The van der Waals surface area contributed by atoms with E-state index in [1.807, 2.05) is 83.1 Å². The first-order valence-corrected chi connectivity index (χ1v) is 16.6. The molecular weight excluding hydrogens is 726 g/mol. The van der Waals surface area contributed by atoms with E-state index in [1.165, 1.54) is 0 Å². The first kappa shape index (κ1) is 45.4. The third kappa shape index (κ3) is 14.8. The van der Waals surface area contributed by atoms with E-state index in [0.29, 0.717) is 33.4 Å². The first-order valence-electron chi connectivity index (χ1n) is 13.2. The van der Waals surface area contributed by atoms with E-state index in [2.05, 4.69) is 0 Å². The van der Waals surface area contributed by atoms with E-state index in [-0.39, 0.29) is 124 Å². The minimum atomic E-state index is -4.63. The average Bonchev–Trinajstić information content (AvgIpc) is 2.65. The maximum Gasteiger partial charge on any atom is 2.00 e. The Morgan fingerprint density at radius 2 is 0.667 bits per heavy atom. The van der Waals surface area contributed by atoms with Crippen molar-refractivity contribution in [3.63, 3.8) is 0 Å². The van der Waals surface area contributed by atoms with E-state index in [9.17, 15) is 38.9 Å². The first-order chi connectivity index (χ1) is 17.4.